The summed E-state index contributed by atoms with van der Waals surface area (Å²) in [7, 11) is 0. The predicted octanol–water partition coefficient (Wildman–Crippen LogP) is 6.41. The van der Waals surface area contributed by atoms with Crippen molar-refractivity contribution < 1.29 is 13.2 Å². The molecule has 0 amide bonds. The van der Waals surface area contributed by atoms with Crippen LogP contribution in [0.1, 0.15) is 57.2 Å². The van der Waals surface area contributed by atoms with Crippen molar-refractivity contribution in [2.24, 2.45) is 5.92 Å². The zero-order valence-electron chi connectivity index (χ0n) is 14.8. The lowest BCUT2D eigenvalue weighted by Gasteiger charge is -2.33. The highest BCUT2D eigenvalue weighted by Crippen LogP contribution is 2.40. The van der Waals surface area contributed by atoms with Crippen LogP contribution in [0.3, 0.4) is 0 Å². The Kier molecular flexibility index (Phi) is 5.74. The fourth-order valence-corrected chi connectivity index (χ4v) is 3.57. The lowest BCUT2D eigenvalue weighted by molar-refractivity contribution is 0.441. The van der Waals surface area contributed by atoms with Crippen LogP contribution < -0.4 is 0 Å². The zero-order chi connectivity index (χ0) is 17.9. The first-order valence-electron chi connectivity index (χ1n) is 8.57. The molecule has 0 aliphatic rings. The number of hydrogen-bond acceptors (Lipinski definition) is 0. The number of hydrogen-bond donors (Lipinski definition) is 0. The van der Waals surface area contributed by atoms with E-state index in [0.29, 0.717) is 29.9 Å². The van der Waals surface area contributed by atoms with Crippen molar-refractivity contribution >= 4 is 0 Å². The molecule has 24 heavy (non-hydrogen) atoms. The second-order valence-electron chi connectivity index (χ2n) is 6.86. The van der Waals surface area contributed by atoms with E-state index in [1.807, 2.05) is 19.9 Å². The highest BCUT2D eigenvalue weighted by Gasteiger charge is 2.34. The van der Waals surface area contributed by atoms with Gasteiger partial charge in [-0.2, -0.15) is 0 Å². The Labute approximate surface area is 142 Å². The van der Waals surface area contributed by atoms with Crippen LogP contribution in [-0.2, 0) is 11.8 Å². The van der Waals surface area contributed by atoms with Crippen molar-refractivity contribution in [2.75, 3.05) is 0 Å². The van der Waals surface area contributed by atoms with Crippen molar-refractivity contribution in [3.8, 4) is 0 Å². The molecule has 0 bridgehead atoms. The van der Waals surface area contributed by atoms with Gasteiger partial charge >= 0.3 is 0 Å². The van der Waals surface area contributed by atoms with Gasteiger partial charge in [0.15, 0.2) is 0 Å². The molecule has 0 aliphatic heterocycles. The van der Waals surface area contributed by atoms with Gasteiger partial charge in [0.1, 0.15) is 17.5 Å². The minimum absolute atomic E-state index is 0.304. The van der Waals surface area contributed by atoms with Gasteiger partial charge in [0.25, 0.3) is 0 Å². The molecule has 0 unspecified atom stereocenters. The quantitative estimate of drug-likeness (QED) is 0.573. The smallest absolute Gasteiger partial charge is 0.127 e. The van der Waals surface area contributed by atoms with Crippen LogP contribution in [0.15, 0.2) is 36.4 Å². The van der Waals surface area contributed by atoms with E-state index in [9.17, 15) is 13.2 Å². The fourth-order valence-electron chi connectivity index (χ4n) is 3.57. The van der Waals surface area contributed by atoms with Gasteiger partial charge < -0.3 is 0 Å². The molecule has 0 aromatic heterocycles. The first-order chi connectivity index (χ1) is 11.3. The zero-order valence-corrected chi connectivity index (χ0v) is 14.8. The van der Waals surface area contributed by atoms with Gasteiger partial charge in [-0.3, -0.25) is 0 Å². The van der Waals surface area contributed by atoms with Crippen LogP contribution in [0.2, 0.25) is 0 Å². The third kappa shape index (κ3) is 3.66. The van der Waals surface area contributed by atoms with Crippen molar-refractivity contribution in [1.29, 1.82) is 0 Å². The summed E-state index contributed by atoms with van der Waals surface area (Å²) in [5.74, 6) is -1.13. The second kappa shape index (κ2) is 7.42. The maximum Gasteiger partial charge on any atom is 0.127 e. The van der Waals surface area contributed by atoms with E-state index in [0.717, 1.165) is 18.1 Å². The van der Waals surface area contributed by atoms with E-state index in [4.69, 9.17) is 0 Å². The molecule has 0 atom stereocenters. The van der Waals surface area contributed by atoms with E-state index in [1.165, 1.54) is 12.1 Å². The summed E-state index contributed by atoms with van der Waals surface area (Å²) in [4.78, 5) is 0. The van der Waals surface area contributed by atoms with E-state index in [1.54, 1.807) is 12.1 Å². The van der Waals surface area contributed by atoms with Crippen molar-refractivity contribution in [3.05, 3.63) is 70.5 Å². The second-order valence-corrected chi connectivity index (χ2v) is 6.86. The van der Waals surface area contributed by atoms with Gasteiger partial charge in [-0.25, -0.2) is 13.2 Å². The number of benzene rings is 2. The fraction of sp³-hybridized carbons (Fsp3) is 0.429. The summed E-state index contributed by atoms with van der Waals surface area (Å²) in [6.45, 7) is 8.02. The molecule has 2 aromatic carbocycles. The molecule has 130 valence electrons. The number of halogens is 3. The Balaban J connectivity index is 2.58. The molecule has 0 aliphatic carbocycles. The summed E-state index contributed by atoms with van der Waals surface area (Å²) in [6, 6.07) is 8.75. The molecule has 0 saturated carbocycles. The molecule has 0 radical (unpaired) electrons. The maximum atomic E-state index is 14.9. The molecule has 0 N–H and O–H groups in total. The van der Waals surface area contributed by atoms with Crippen LogP contribution in [0.4, 0.5) is 13.2 Å². The highest BCUT2D eigenvalue weighted by molar-refractivity contribution is 5.41. The van der Waals surface area contributed by atoms with Gasteiger partial charge in [0.2, 0.25) is 0 Å². The summed E-state index contributed by atoms with van der Waals surface area (Å²) in [5, 5.41) is 0. The molecule has 0 fully saturated rings. The lowest BCUT2D eigenvalue weighted by atomic mass is 9.70. The first-order valence-corrected chi connectivity index (χ1v) is 8.57. The van der Waals surface area contributed by atoms with Crippen molar-refractivity contribution in [1.82, 2.24) is 0 Å². The summed E-state index contributed by atoms with van der Waals surface area (Å²) in [6.07, 6.45) is 1.93. The van der Waals surface area contributed by atoms with Gasteiger partial charge in [-0.1, -0.05) is 39.8 Å². The Bertz CT molecular complexity index is 680. The molecule has 2 rings (SSSR count). The minimum atomic E-state index is -0.733. The first kappa shape index (κ1) is 18.6. The lowest BCUT2D eigenvalue weighted by Crippen LogP contribution is -2.28. The van der Waals surface area contributed by atoms with Gasteiger partial charge in [-0.05, 0) is 60.1 Å². The van der Waals surface area contributed by atoms with Crippen LogP contribution in [0, 0.1) is 23.4 Å². The topological polar surface area (TPSA) is 0 Å². The third-order valence-electron chi connectivity index (χ3n) is 4.82. The SMILES string of the molecule is CCC(CC)(c1cc(F)cc(F)c1)c1ccc(CC(C)C)cc1F. The molecule has 0 spiro atoms. The minimum Gasteiger partial charge on any atom is -0.207 e. The largest absolute Gasteiger partial charge is 0.207 e. The van der Waals surface area contributed by atoms with Crippen molar-refractivity contribution in [2.45, 2.75) is 52.4 Å². The Hall–Kier alpha value is -1.77. The van der Waals surface area contributed by atoms with Crippen LogP contribution in [0.25, 0.3) is 0 Å². The van der Waals surface area contributed by atoms with Crippen molar-refractivity contribution in [3.63, 3.8) is 0 Å². The van der Waals surface area contributed by atoms with Gasteiger partial charge in [0.05, 0.1) is 0 Å². The molecule has 0 saturated heterocycles. The Morgan fingerprint density at radius 2 is 1.46 bits per heavy atom. The maximum absolute atomic E-state index is 14.9. The summed E-state index contributed by atoms with van der Waals surface area (Å²) in [5.41, 5.74) is 1.20. The van der Waals surface area contributed by atoms with Gasteiger partial charge in [-0.15, -0.1) is 0 Å². The van der Waals surface area contributed by atoms with Crippen LogP contribution in [-0.4, -0.2) is 0 Å². The van der Waals surface area contributed by atoms with E-state index in [-0.39, 0.29) is 5.82 Å². The molecule has 0 nitrogen and oxygen atoms in total. The standard InChI is InChI=1S/C21H25F3/c1-5-21(6-2,16-11-17(22)13-18(23)12-16)19-8-7-15(9-14(3)4)10-20(19)24/h7-8,10-14H,5-6,9H2,1-4H3. The van der Waals surface area contributed by atoms with Gasteiger partial charge in [0, 0.05) is 11.5 Å². The predicted molar refractivity (Wildman–Crippen MR) is 92.7 cm³/mol. The molecular formula is C21H25F3. The third-order valence-corrected chi connectivity index (χ3v) is 4.82. The summed E-state index contributed by atoms with van der Waals surface area (Å²) >= 11 is 0. The molecule has 2 aromatic rings. The summed E-state index contributed by atoms with van der Waals surface area (Å²) < 4.78 is 42.3. The average Bonchev–Trinajstić information content (AvgIpc) is 2.49. The average molecular weight is 334 g/mol. The highest BCUT2D eigenvalue weighted by atomic mass is 19.1. The molecule has 3 heteroatoms. The van der Waals surface area contributed by atoms with E-state index in [2.05, 4.69) is 13.8 Å². The monoisotopic (exact) mass is 334 g/mol. The van der Waals surface area contributed by atoms with Crippen LogP contribution >= 0.6 is 0 Å². The molecule has 0 heterocycles. The number of rotatable bonds is 6. The van der Waals surface area contributed by atoms with E-state index < -0.39 is 17.0 Å². The molecular weight excluding hydrogens is 309 g/mol. The Morgan fingerprint density at radius 3 is 1.92 bits per heavy atom. The normalized spacial score (nSPS) is 12.0. The van der Waals surface area contributed by atoms with E-state index >= 15 is 0 Å². The van der Waals surface area contributed by atoms with Crippen LogP contribution in [0.5, 0.6) is 0 Å². The Morgan fingerprint density at radius 1 is 0.875 bits per heavy atom.